The SMILES string of the molecule is CCOC(=O)c1scc(Br)c1C. The van der Waals surface area contributed by atoms with Crippen LogP contribution in [0, 0.1) is 6.92 Å². The molecule has 1 heterocycles. The highest BCUT2D eigenvalue weighted by Gasteiger charge is 2.13. The second kappa shape index (κ2) is 4.05. The van der Waals surface area contributed by atoms with Crippen LogP contribution in [0.3, 0.4) is 0 Å². The molecule has 1 rings (SSSR count). The maximum atomic E-state index is 11.2. The fraction of sp³-hybridized carbons (Fsp3) is 0.375. The minimum absolute atomic E-state index is 0.231. The molecule has 12 heavy (non-hydrogen) atoms. The van der Waals surface area contributed by atoms with Gasteiger partial charge in [0.05, 0.1) is 6.61 Å². The van der Waals surface area contributed by atoms with Crippen LogP contribution in [0.15, 0.2) is 9.85 Å². The lowest BCUT2D eigenvalue weighted by Gasteiger charge is -1.99. The van der Waals surface area contributed by atoms with Gasteiger partial charge in [0.15, 0.2) is 0 Å². The summed E-state index contributed by atoms with van der Waals surface area (Å²) in [6, 6.07) is 0. The molecule has 0 atom stereocenters. The summed E-state index contributed by atoms with van der Waals surface area (Å²) in [7, 11) is 0. The van der Waals surface area contributed by atoms with E-state index in [9.17, 15) is 4.79 Å². The van der Waals surface area contributed by atoms with E-state index in [-0.39, 0.29) is 5.97 Å². The summed E-state index contributed by atoms with van der Waals surface area (Å²) in [5.41, 5.74) is 0.957. The molecule has 0 spiro atoms. The number of carbonyl (C=O) groups excluding carboxylic acids is 1. The van der Waals surface area contributed by atoms with Gasteiger partial charge < -0.3 is 4.74 Å². The molecule has 0 aliphatic rings. The van der Waals surface area contributed by atoms with E-state index < -0.39 is 0 Å². The molecule has 0 amide bonds. The molecule has 66 valence electrons. The second-order valence-electron chi connectivity index (χ2n) is 2.26. The highest BCUT2D eigenvalue weighted by Crippen LogP contribution is 2.26. The topological polar surface area (TPSA) is 26.3 Å². The standard InChI is InChI=1S/C8H9BrO2S/c1-3-11-8(10)7-5(2)6(9)4-12-7/h4H,3H2,1-2H3. The van der Waals surface area contributed by atoms with Crippen LogP contribution in [0.1, 0.15) is 22.2 Å². The molecule has 4 heteroatoms. The first-order valence-electron chi connectivity index (χ1n) is 3.57. The van der Waals surface area contributed by atoms with Gasteiger partial charge in [0.25, 0.3) is 0 Å². The van der Waals surface area contributed by atoms with Gasteiger partial charge in [-0.05, 0) is 35.3 Å². The molecule has 0 aliphatic carbocycles. The van der Waals surface area contributed by atoms with E-state index >= 15 is 0 Å². The van der Waals surface area contributed by atoms with E-state index in [1.165, 1.54) is 11.3 Å². The Hall–Kier alpha value is -0.350. The summed E-state index contributed by atoms with van der Waals surface area (Å²) in [4.78, 5) is 11.9. The molecular weight excluding hydrogens is 240 g/mol. The predicted octanol–water partition coefficient (Wildman–Crippen LogP) is 3.00. The molecule has 0 saturated heterocycles. The van der Waals surface area contributed by atoms with Crippen LogP contribution in [-0.4, -0.2) is 12.6 Å². The number of esters is 1. The maximum absolute atomic E-state index is 11.2. The lowest BCUT2D eigenvalue weighted by atomic mass is 10.3. The molecule has 0 saturated carbocycles. The zero-order valence-electron chi connectivity index (χ0n) is 6.89. The lowest BCUT2D eigenvalue weighted by Crippen LogP contribution is -2.03. The van der Waals surface area contributed by atoms with Crippen LogP contribution >= 0.6 is 27.3 Å². The van der Waals surface area contributed by atoms with Gasteiger partial charge in [-0.2, -0.15) is 0 Å². The van der Waals surface area contributed by atoms with Crippen LogP contribution in [-0.2, 0) is 4.74 Å². The van der Waals surface area contributed by atoms with Crippen LogP contribution in [0.2, 0.25) is 0 Å². The first-order valence-corrected chi connectivity index (χ1v) is 5.24. The Balaban J connectivity index is 2.88. The number of thiophene rings is 1. The highest BCUT2D eigenvalue weighted by molar-refractivity contribution is 9.10. The summed E-state index contributed by atoms with van der Waals surface area (Å²) in [5.74, 6) is -0.231. The number of carbonyl (C=O) groups is 1. The van der Waals surface area contributed by atoms with Crippen molar-refractivity contribution in [3.63, 3.8) is 0 Å². The average Bonchev–Trinajstić information content (AvgIpc) is 2.34. The van der Waals surface area contributed by atoms with E-state index in [1.807, 2.05) is 12.3 Å². The summed E-state index contributed by atoms with van der Waals surface area (Å²) in [6.45, 7) is 4.12. The fourth-order valence-electron chi connectivity index (χ4n) is 0.794. The summed E-state index contributed by atoms with van der Waals surface area (Å²) < 4.78 is 5.84. The van der Waals surface area contributed by atoms with Gasteiger partial charge >= 0.3 is 5.97 Å². The monoisotopic (exact) mass is 248 g/mol. The number of hydrogen-bond donors (Lipinski definition) is 0. The minimum atomic E-state index is -0.231. The van der Waals surface area contributed by atoms with E-state index in [1.54, 1.807) is 6.92 Å². The Bertz CT molecular complexity index is 293. The highest BCUT2D eigenvalue weighted by atomic mass is 79.9. The van der Waals surface area contributed by atoms with Gasteiger partial charge in [0.2, 0.25) is 0 Å². The molecule has 0 radical (unpaired) electrons. The lowest BCUT2D eigenvalue weighted by molar-refractivity contribution is 0.0531. The first-order chi connectivity index (χ1) is 5.66. The summed E-state index contributed by atoms with van der Waals surface area (Å²) >= 11 is 4.74. The van der Waals surface area contributed by atoms with Crippen molar-refractivity contribution in [2.75, 3.05) is 6.61 Å². The molecule has 2 nitrogen and oxygen atoms in total. The van der Waals surface area contributed by atoms with E-state index in [0.29, 0.717) is 11.5 Å². The molecule has 0 aromatic carbocycles. The Morgan fingerprint density at radius 2 is 2.42 bits per heavy atom. The van der Waals surface area contributed by atoms with E-state index in [4.69, 9.17) is 4.74 Å². The fourth-order valence-corrected chi connectivity index (χ4v) is 2.24. The van der Waals surface area contributed by atoms with Crippen molar-refractivity contribution in [2.45, 2.75) is 13.8 Å². The molecule has 0 bridgehead atoms. The molecule has 0 fully saturated rings. The van der Waals surface area contributed by atoms with Crippen LogP contribution < -0.4 is 0 Å². The van der Waals surface area contributed by atoms with Crippen molar-refractivity contribution in [3.8, 4) is 0 Å². The molecule has 1 aromatic heterocycles. The van der Waals surface area contributed by atoms with Crippen molar-refractivity contribution < 1.29 is 9.53 Å². The van der Waals surface area contributed by atoms with Crippen molar-refractivity contribution in [1.82, 2.24) is 0 Å². The van der Waals surface area contributed by atoms with Gasteiger partial charge in [-0.1, -0.05) is 0 Å². The Labute approximate surface area is 83.7 Å². The van der Waals surface area contributed by atoms with Crippen LogP contribution in [0.5, 0.6) is 0 Å². The molecule has 0 N–H and O–H groups in total. The predicted molar refractivity (Wildman–Crippen MR) is 52.7 cm³/mol. The van der Waals surface area contributed by atoms with Crippen molar-refractivity contribution in [1.29, 1.82) is 0 Å². The number of hydrogen-bond acceptors (Lipinski definition) is 3. The third kappa shape index (κ3) is 1.87. The largest absolute Gasteiger partial charge is 0.462 e. The summed E-state index contributed by atoms with van der Waals surface area (Å²) in [5, 5.41) is 1.89. The quantitative estimate of drug-likeness (QED) is 0.753. The van der Waals surface area contributed by atoms with E-state index in [0.717, 1.165) is 10.0 Å². The van der Waals surface area contributed by atoms with E-state index in [2.05, 4.69) is 15.9 Å². The molecular formula is C8H9BrO2S. The van der Waals surface area contributed by atoms with Crippen molar-refractivity contribution in [3.05, 3.63) is 20.3 Å². The van der Waals surface area contributed by atoms with Gasteiger partial charge in [0, 0.05) is 9.85 Å². The number of ether oxygens (including phenoxy) is 1. The van der Waals surface area contributed by atoms with Crippen molar-refractivity contribution >= 4 is 33.2 Å². The Morgan fingerprint density at radius 1 is 1.75 bits per heavy atom. The number of rotatable bonds is 2. The zero-order valence-corrected chi connectivity index (χ0v) is 9.29. The zero-order chi connectivity index (χ0) is 9.14. The third-order valence-electron chi connectivity index (χ3n) is 1.44. The molecule has 0 unspecified atom stereocenters. The third-order valence-corrected chi connectivity index (χ3v) is 3.63. The minimum Gasteiger partial charge on any atom is -0.462 e. The molecule has 1 aromatic rings. The van der Waals surface area contributed by atoms with Crippen molar-refractivity contribution in [2.24, 2.45) is 0 Å². The normalized spacial score (nSPS) is 9.92. The Morgan fingerprint density at radius 3 is 2.83 bits per heavy atom. The second-order valence-corrected chi connectivity index (χ2v) is 3.99. The maximum Gasteiger partial charge on any atom is 0.348 e. The van der Waals surface area contributed by atoms with Gasteiger partial charge in [-0.25, -0.2) is 4.79 Å². The number of halogens is 1. The average molecular weight is 249 g/mol. The first kappa shape index (κ1) is 9.74. The Kier molecular flexibility index (Phi) is 3.29. The van der Waals surface area contributed by atoms with Crippen LogP contribution in [0.25, 0.3) is 0 Å². The summed E-state index contributed by atoms with van der Waals surface area (Å²) in [6.07, 6.45) is 0. The smallest absolute Gasteiger partial charge is 0.348 e. The van der Waals surface area contributed by atoms with Gasteiger partial charge in [-0.15, -0.1) is 11.3 Å². The van der Waals surface area contributed by atoms with Gasteiger partial charge in [-0.3, -0.25) is 0 Å². The molecule has 0 aliphatic heterocycles. The van der Waals surface area contributed by atoms with Crippen LogP contribution in [0.4, 0.5) is 0 Å². The van der Waals surface area contributed by atoms with Gasteiger partial charge in [0.1, 0.15) is 4.88 Å².